The van der Waals surface area contributed by atoms with Crippen LogP contribution < -0.4 is 5.32 Å². The first-order valence-electron chi connectivity index (χ1n) is 8.35. The highest BCUT2D eigenvalue weighted by molar-refractivity contribution is 7.90. The molecule has 0 radical (unpaired) electrons. The van der Waals surface area contributed by atoms with Crippen LogP contribution in [0.2, 0.25) is 0 Å². The molecule has 0 fully saturated rings. The molecule has 0 aliphatic rings. The van der Waals surface area contributed by atoms with E-state index in [1.165, 1.54) is 17.4 Å². The molecule has 142 valence electrons. The Morgan fingerprint density at radius 1 is 1.11 bits per heavy atom. The summed E-state index contributed by atoms with van der Waals surface area (Å²) in [5.74, 6) is -0.375. The number of rotatable bonds is 4. The molecule has 0 aliphatic heterocycles. The number of nitrogens with zero attached hydrogens (tertiary/aromatic N) is 3. The maximum atomic E-state index is 12.6. The Labute approximate surface area is 165 Å². The van der Waals surface area contributed by atoms with Gasteiger partial charge in [-0.3, -0.25) is 10.1 Å². The van der Waals surface area contributed by atoms with Crippen LogP contribution in [0.4, 0.5) is 5.13 Å². The van der Waals surface area contributed by atoms with Crippen molar-refractivity contribution in [2.24, 2.45) is 0 Å². The van der Waals surface area contributed by atoms with Gasteiger partial charge in [0.25, 0.3) is 5.91 Å². The molecule has 0 saturated heterocycles. The molecule has 9 heteroatoms. The maximum Gasteiger partial charge on any atom is 0.277 e. The number of para-hydroxylation sites is 1. The average molecular weight is 412 g/mol. The van der Waals surface area contributed by atoms with Crippen molar-refractivity contribution in [3.8, 4) is 5.69 Å². The predicted molar refractivity (Wildman–Crippen MR) is 109 cm³/mol. The first-order valence-corrected chi connectivity index (χ1v) is 11.1. The Bertz CT molecular complexity index is 1290. The molecule has 0 bridgehead atoms. The van der Waals surface area contributed by atoms with Crippen LogP contribution in [-0.4, -0.2) is 35.3 Å². The molecule has 0 atom stereocenters. The Balaban J connectivity index is 1.60. The van der Waals surface area contributed by atoms with Crippen molar-refractivity contribution in [1.82, 2.24) is 14.8 Å². The SMILES string of the molecule is Cc1cc(C(=O)Nc2nc3ccc(S(C)(=O)=O)cc3s2)nn1-c1ccccc1. The highest BCUT2D eigenvalue weighted by atomic mass is 32.2. The van der Waals surface area contributed by atoms with Crippen LogP contribution in [0.5, 0.6) is 0 Å². The highest BCUT2D eigenvalue weighted by Gasteiger charge is 2.16. The monoisotopic (exact) mass is 412 g/mol. The minimum Gasteiger partial charge on any atom is -0.296 e. The van der Waals surface area contributed by atoms with Crippen molar-refractivity contribution >= 4 is 42.4 Å². The van der Waals surface area contributed by atoms with Gasteiger partial charge in [-0.15, -0.1) is 0 Å². The number of nitrogens with one attached hydrogen (secondary N) is 1. The molecule has 2 aromatic carbocycles. The Morgan fingerprint density at radius 3 is 2.57 bits per heavy atom. The van der Waals surface area contributed by atoms with E-state index in [-0.39, 0.29) is 16.5 Å². The van der Waals surface area contributed by atoms with E-state index in [0.29, 0.717) is 15.3 Å². The summed E-state index contributed by atoms with van der Waals surface area (Å²) in [7, 11) is -3.30. The van der Waals surface area contributed by atoms with Crippen LogP contribution in [0.1, 0.15) is 16.2 Å². The molecule has 28 heavy (non-hydrogen) atoms. The molecular weight excluding hydrogens is 396 g/mol. The number of sulfone groups is 1. The maximum absolute atomic E-state index is 12.6. The summed E-state index contributed by atoms with van der Waals surface area (Å²) in [5, 5.41) is 7.51. The van der Waals surface area contributed by atoms with E-state index in [0.717, 1.165) is 17.6 Å². The van der Waals surface area contributed by atoms with Crippen LogP contribution in [0, 0.1) is 6.92 Å². The van der Waals surface area contributed by atoms with Crippen molar-refractivity contribution in [2.75, 3.05) is 11.6 Å². The van der Waals surface area contributed by atoms with Gasteiger partial charge in [0, 0.05) is 11.9 Å². The number of aromatic nitrogens is 3. The summed E-state index contributed by atoms with van der Waals surface area (Å²) in [5.41, 5.74) is 2.60. The van der Waals surface area contributed by atoms with Gasteiger partial charge in [-0.2, -0.15) is 5.10 Å². The van der Waals surface area contributed by atoms with E-state index >= 15 is 0 Å². The van der Waals surface area contributed by atoms with Gasteiger partial charge in [0.1, 0.15) is 0 Å². The second kappa shape index (κ2) is 6.84. The van der Waals surface area contributed by atoms with Crippen molar-refractivity contribution in [3.05, 3.63) is 66.0 Å². The quantitative estimate of drug-likeness (QED) is 0.554. The lowest BCUT2D eigenvalue weighted by Crippen LogP contribution is -2.13. The molecule has 2 heterocycles. The number of thiazole rings is 1. The third-order valence-corrected chi connectivity index (χ3v) is 6.17. The van der Waals surface area contributed by atoms with E-state index in [2.05, 4.69) is 15.4 Å². The van der Waals surface area contributed by atoms with Gasteiger partial charge in [-0.1, -0.05) is 29.5 Å². The lowest BCUT2D eigenvalue weighted by molar-refractivity contribution is 0.102. The van der Waals surface area contributed by atoms with E-state index in [9.17, 15) is 13.2 Å². The second-order valence-electron chi connectivity index (χ2n) is 6.29. The zero-order valence-electron chi connectivity index (χ0n) is 15.1. The van der Waals surface area contributed by atoms with E-state index in [1.54, 1.807) is 22.9 Å². The number of amides is 1. The van der Waals surface area contributed by atoms with Crippen molar-refractivity contribution in [2.45, 2.75) is 11.8 Å². The smallest absolute Gasteiger partial charge is 0.277 e. The van der Waals surface area contributed by atoms with Crippen LogP contribution >= 0.6 is 11.3 Å². The summed E-state index contributed by atoms with van der Waals surface area (Å²) in [6.07, 6.45) is 1.16. The van der Waals surface area contributed by atoms with Gasteiger partial charge < -0.3 is 0 Å². The summed E-state index contributed by atoms with van der Waals surface area (Å²) < 4.78 is 25.8. The van der Waals surface area contributed by atoms with Crippen LogP contribution in [-0.2, 0) is 9.84 Å². The van der Waals surface area contributed by atoms with Gasteiger partial charge >= 0.3 is 0 Å². The normalized spacial score (nSPS) is 11.6. The van der Waals surface area contributed by atoms with Crippen LogP contribution in [0.25, 0.3) is 15.9 Å². The van der Waals surface area contributed by atoms with E-state index in [1.807, 2.05) is 37.3 Å². The van der Waals surface area contributed by atoms with Gasteiger partial charge in [0.05, 0.1) is 20.8 Å². The van der Waals surface area contributed by atoms with Gasteiger partial charge in [0.15, 0.2) is 20.7 Å². The minimum atomic E-state index is -3.30. The van der Waals surface area contributed by atoms with E-state index < -0.39 is 9.84 Å². The Hall–Kier alpha value is -3.04. The topological polar surface area (TPSA) is 93.9 Å². The van der Waals surface area contributed by atoms with Gasteiger partial charge in [-0.05, 0) is 43.3 Å². The molecule has 0 aliphatic carbocycles. The number of anilines is 1. The first-order chi connectivity index (χ1) is 13.3. The number of benzene rings is 2. The summed E-state index contributed by atoms with van der Waals surface area (Å²) in [6, 6.07) is 16.0. The Morgan fingerprint density at radius 2 is 1.86 bits per heavy atom. The molecule has 4 aromatic rings. The van der Waals surface area contributed by atoms with Crippen LogP contribution in [0.15, 0.2) is 59.5 Å². The molecule has 4 rings (SSSR count). The molecule has 0 saturated carbocycles. The molecule has 0 spiro atoms. The lowest BCUT2D eigenvalue weighted by atomic mass is 10.3. The number of hydrogen-bond donors (Lipinski definition) is 1. The number of hydrogen-bond acceptors (Lipinski definition) is 6. The fourth-order valence-electron chi connectivity index (χ4n) is 2.77. The standard InChI is InChI=1S/C19H16N4O3S2/c1-12-10-16(22-23(12)13-6-4-3-5-7-13)18(24)21-19-20-15-9-8-14(28(2,25)26)11-17(15)27-19/h3-11H,1-2H3,(H,20,21,24). The van der Waals surface area contributed by atoms with Gasteiger partial charge in [-0.25, -0.2) is 18.1 Å². The number of carbonyl (C=O) groups is 1. The third-order valence-electron chi connectivity index (χ3n) is 4.13. The zero-order valence-corrected chi connectivity index (χ0v) is 16.7. The fraction of sp³-hybridized carbons (Fsp3) is 0.105. The second-order valence-corrected chi connectivity index (χ2v) is 9.34. The molecule has 1 amide bonds. The molecular formula is C19H16N4O3S2. The summed E-state index contributed by atoms with van der Waals surface area (Å²) in [4.78, 5) is 17.2. The largest absolute Gasteiger partial charge is 0.296 e. The summed E-state index contributed by atoms with van der Waals surface area (Å²) >= 11 is 1.22. The lowest BCUT2D eigenvalue weighted by Gasteiger charge is -2.02. The summed E-state index contributed by atoms with van der Waals surface area (Å²) in [6.45, 7) is 1.88. The average Bonchev–Trinajstić information content (AvgIpc) is 3.23. The van der Waals surface area contributed by atoms with Gasteiger partial charge in [0.2, 0.25) is 0 Å². The number of aryl methyl sites for hydroxylation is 1. The molecule has 7 nitrogen and oxygen atoms in total. The zero-order chi connectivity index (χ0) is 19.9. The van der Waals surface area contributed by atoms with E-state index in [4.69, 9.17) is 0 Å². The van der Waals surface area contributed by atoms with Crippen LogP contribution in [0.3, 0.4) is 0 Å². The number of carbonyl (C=O) groups excluding carboxylic acids is 1. The van der Waals surface area contributed by atoms with Crippen molar-refractivity contribution in [1.29, 1.82) is 0 Å². The predicted octanol–water partition coefficient (Wildman–Crippen LogP) is 3.45. The van der Waals surface area contributed by atoms with Crippen molar-refractivity contribution in [3.63, 3.8) is 0 Å². The van der Waals surface area contributed by atoms with Crippen molar-refractivity contribution < 1.29 is 13.2 Å². The molecule has 0 unspecified atom stereocenters. The Kier molecular flexibility index (Phi) is 4.48. The third kappa shape index (κ3) is 3.54. The minimum absolute atomic E-state index is 0.221. The number of fused-ring (bicyclic) bond motifs is 1. The molecule has 2 aromatic heterocycles. The first kappa shape index (κ1) is 18.3. The molecule has 1 N–H and O–H groups in total. The fourth-order valence-corrected chi connectivity index (χ4v) is 4.39. The highest BCUT2D eigenvalue weighted by Crippen LogP contribution is 2.28.